The third kappa shape index (κ3) is 3.70. The maximum Gasteiger partial charge on any atom is 0.266 e. The molecule has 3 heterocycles. The van der Waals surface area contributed by atoms with Crippen molar-refractivity contribution in [1.82, 2.24) is 5.32 Å². The molecule has 1 atom stereocenters. The van der Waals surface area contributed by atoms with Crippen molar-refractivity contribution in [2.24, 2.45) is 0 Å². The number of nitrogens with one attached hydrogen (secondary N) is 2. The lowest BCUT2D eigenvalue weighted by atomic mass is 9.95. The van der Waals surface area contributed by atoms with E-state index in [1.807, 2.05) is 11.4 Å². The summed E-state index contributed by atoms with van der Waals surface area (Å²) < 4.78 is 5.60. The fourth-order valence-corrected chi connectivity index (χ4v) is 5.47. The highest BCUT2D eigenvalue weighted by atomic mass is 32.1. The summed E-state index contributed by atoms with van der Waals surface area (Å²) in [5.41, 5.74) is 1.78. The van der Waals surface area contributed by atoms with E-state index in [4.69, 9.17) is 4.74 Å². The average Bonchev–Trinajstić information content (AvgIpc) is 3.39. The minimum atomic E-state index is -0.147. The molecule has 2 N–H and O–H groups in total. The van der Waals surface area contributed by atoms with Crippen LogP contribution in [0.3, 0.4) is 0 Å². The molecular formula is C19H22N2O3S2. The highest BCUT2D eigenvalue weighted by Gasteiger charge is 2.27. The monoisotopic (exact) mass is 390 g/mol. The fraction of sp³-hybridized carbons (Fsp3) is 0.474. The second kappa shape index (κ2) is 7.90. The molecule has 0 spiro atoms. The van der Waals surface area contributed by atoms with E-state index in [0.29, 0.717) is 22.0 Å². The van der Waals surface area contributed by atoms with Crippen molar-refractivity contribution in [3.8, 4) is 0 Å². The summed E-state index contributed by atoms with van der Waals surface area (Å²) in [6, 6.07) is 3.65. The SMILES string of the molecule is O=C(Nc1sc2c(c1C(=O)NC[C@H]1CCCO1)CCCC2)c1cccs1. The van der Waals surface area contributed by atoms with E-state index in [9.17, 15) is 9.59 Å². The van der Waals surface area contributed by atoms with Gasteiger partial charge in [-0.05, 0) is 55.5 Å². The van der Waals surface area contributed by atoms with Crippen molar-refractivity contribution < 1.29 is 14.3 Å². The van der Waals surface area contributed by atoms with Gasteiger partial charge in [0.25, 0.3) is 11.8 Å². The summed E-state index contributed by atoms with van der Waals surface area (Å²) in [6.45, 7) is 1.30. The van der Waals surface area contributed by atoms with Gasteiger partial charge in [-0.3, -0.25) is 9.59 Å². The Morgan fingerprint density at radius 2 is 2.08 bits per heavy atom. The van der Waals surface area contributed by atoms with Gasteiger partial charge >= 0.3 is 0 Å². The second-order valence-corrected chi connectivity index (χ2v) is 8.74. The van der Waals surface area contributed by atoms with Crippen molar-refractivity contribution in [1.29, 1.82) is 0 Å². The highest BCUT2D eigenvalue weighted by Crippen LogP contribution is 2.38. The van der Waals surface area contributed by atoms with Crippen LogP contribution in [0.2, 0.25) is 0 Å². The Balaban J connectivity index is 1.55. The molecular weight excluding hydrogens is 368 g/mol. The lowest BCUT2D eigenvalue weighted by Crippen LogP contribution is -2.32. The molecule has 4 rings (SSSR count). The Kier molecular flexibility index (Phi) is 5.38. The molecule has 2 aromatic rings. The molecule has 0 bridgehead atoms. The zero-order valence-electron chi connectivity index (χ0n) is 14.5. The third-order valence-electron chi connectivity index (χ3n) is 4.88. The molecule has 7 heteroatoms. The summed E-state index contributed by atoms with van der Waals surface area (Å²) in [7, 11) is 0. The van der Waals surface area contributed by atoms with Crippen molar-refractivity contribution in [2.45, 2.75) is 44.6 Å². The first-order chi connectivity index (χ1) is 12.7. The zero-order valence-corrected chi connectivity index (χ0v) is 16.1. The first-order valence-electron chi connectivity index (χ1n) is 9.11. The smallest absolute Gasteiger partial charge is 0.266 e. The van der Waals surface area contributed by atoms with Gasteiger partial charge in [-0.1, -0.05) is 6.07 Å². The number of anilines is 1. The van der Waals surface area contributed by atoms with Gasteiger partial charge in [0, 0.05) is 18.0 Å². The van der Waals surface area contributed by atoms with Crippen LogP contribution in [-0.4, -0.2) is 31.1 Å². The zero-order chi connectivity index (χ0) is 17.9. The molecule has 0 saturated carbocycles. The van der Waals surface area contributed by atoms with Crippen LogP contribution in [-0.2, 0) is 17.6 Å². The van der Waals surface area contributed by atoms with Gasteiger partial charge in [-0.25, -0.2) is 0 Å². The van der Waals surface area contributed by atoms with Crippen LogP contribution < -0.4 is 10.6 Å². The van der Waals surface area contributed by atoms with Crippen molar-refractivity contribution in [3.63, 3.8) is 0 Å². The van der Waals surface area contributed by atoms with E-state index in [1.54, 1.807) is 17.4 Å². The number of rotatable bonds is 5. The lowest BCUT2D eigenvalue weighted by Gasteiger charge is -2.15. The normalized spacial score (nSPS) is 19.2. The summed E-state index contributed by atoms with van der Waals surface area (Å²) >= 11 is 2.96. The molecule has 1 fully saturated rings. The van der Waals surface area contributed by atoms with E-state index in [0.717, 1.165) is 50.7 Å². The molecule has 2 aromatic heterocycles. The first-order valence-corrected chi connectivity index (χ1v) is 10.8. The van der Waals surface area contributed by atoms with Gasteiger partial charge in [-0.2, -0.15) is 0 Å². The number of carbonyl (C=O) groups excluding carboxylic acids is 2. The van der Waals surface area contributed by atoms with Crippen LogP contribution in [0.5, 0.6) is 0 Å². The van der Waals surface area contributed by atoms with E-state index < -0.39 is 0 Å². The molecule has 2 amide bonds. The summed E-state index contributed by atoms with van der Waals surface area (Å²) in [4.78, 5) is 27.3. The number of aryl methyl sites for hydroxylation is 1. The minimum absolute atomic E-state index is 0.0959. The topological polar surface area (TPSA) is 67.4 Å². The van der Waals surface area contributed by atoms with Crippen LogP contribution in [0, 0.1) is 0 Å². The molecule has 138 valence electrons. The van der Waals surface area contributed by atoms with Gasteiger partial charge in [0.15, 0.2) is 0 Å². The van der Waals surface area contributed by atoms with Crippen molar-refractivity contribution >= 4 is 39.5 Å². The number of carbonyl (C=O) groups is 2. The van der Waals surface area contributed by atoms with Gasteiger partial charge in [0.1, 0.15) is 5.00 Å². The van der Waals surface area contributed by atoms with E-state index in [-0.39, 0.29) is 17.9 Å². The Bertz CT molecular complexity index is 792. The molecule has 0 unspecified atom stereocenters. The van der Waals surface area contributed by atoms with Crippen molar-refractivity contribution in [3.05, 3.63) is 38.4 Å². The second-order valence-electron chi connectivity index (χ2n) is 6.69. The molecule has 2 aliphatic rings. The Morgan fingerprint density at radius 3 is 2.85 bits per heavy atom. The maximum absolute atomic E-state index is 12.9. The number of ether oxygens (including phenoxy) is 1. The number of hydrogen-bond donors (Lipinski definition) is 2. The quantitative estimate of drug-likeness (QED) is 0.815. The largest absolute Gasteiger partial charge is 0.376 e. The molecule has 0 aromatic carbocycles. The summed E-state index contributed by atoms with van der Waals surface area (Å²) in [5, 5.41) is 8.56. The molecule has 26 heavy (non-hydrogen) atoms. The minimum Gasteiger partial charge on any atom is -0.376 e. The molecule has 1 aliphatic heterocycles. The van der Waals surface area contributed by atoms with Gasteiger partial charge in [-0.15, -0.1) is 22.7 Å². The number of hydrogen-bond acceptors (Lipinski definition) is 5. The number of amides is 2. The third-order valence-corrected chi connectivity index (χ3v) is 6.96. The Labute approximate surface area is 160 Å². The van der Waals surface area contributed by atoms with Crippen LogP contribution in [0.4, 0.5) is 5.00 Å². The lowest BCUT2D eigenvalue weighted by molar-refractivity contribution is 0.0858. The van der Waals surface area contributed by atoms with Crippen LogP contribution >= 0.6 is 22.7 Å². The molecule has 1 saturated heterocycles. The summed E-state index contributed by atoms with van der Waals surface area (Å²) in [5.74, 6) is -0.242. The molecule has 1 aliphatic carbocycles. The summed E-state index contributed by atoms with van der Waals surface area (Å²) in [6.07, 6.45) is 6.28. The average molecular weight is 391 g/mol. The fourth-order valence-electron chi connectivity index (χ4n) is 3.57. The van der Waals surface area contributed by atoms with Gasteiger partial charge in [0.05, 0.1) is 16.5 Å². The van der Waals surface area contributed by atoms with Crippen LogP contribution in [0.15, 0.2) is 17.5 Å². The Hall–Kier alpha value is -1.70. The molecule has 0 radical (unpaired) electrons. The Morgan fingerprint density at radius 1 is 1.19 bits per heavy atom. The predicted octanol–water partition coefficient (Wildman–Crippen LogP) is 3.85. The highest BCUT2D eigenvalue weighted by molar-refractivity contribution is 7.17. The van der Waals surface area contributed by atoms with E-state index in [1.165, 1.54) is 16.2 Å². The van der Waals surface area contributed by atoms with Gasteiger partial charge in [0.2, 0.25) is 0 Å². The van der Waals surface area contributed by atoms with Crippen LogP contribution in [0.25, 0.3) is 0 Å². The maximum atomic E-state index is 12.9. The van der Waals surface area contributed by atoms with Gasteiger partial charge < -0.3 is 15.4 Å². The number of thiophene rings is 2. The van der Waals surface area contributed by atoms with Crippen molar-refractivity contribution in [2.75, 3.05) is 18.5 Å². The standard InChI is InChI=1S/C19H22N2O3S2/c22-17(15-8-4-10-25-15)21-19-16(13-6-1-2-7-14(13)26-19)18(23)20-11-12-5-3-9-24-12/h4,8,10,12H,1-3,5-7,9,11H2,(H,20,23)(H,21,22)/t12-/m1/s1. The predicted molar refractivity (Wildman–Crippen MR) is 105 cm³/mol. The first kappa shape index (κ1) is 17.7. The molecule has 5 nitrogen and oxygen atoms in total. The van der Waals surface area contributed by atoms with E-state index in [2.05, 4.69) is 10.6 Å². The number of fused-ring (bicyclic) bond motifs is 1. The van der Waals surface area contributed by atoms with Crippen LogP contribution in [0.1, 0.15) is 56.2 Å². The van der Waals surface area contributed by atoms with E-state index >= 15 is 0 Å².